The molecule has 1 unspecified atom stereocenters. The highest BCUT2D eigenvalue weighted by Gasteiger charge is 2.26. The fourth-order valence-electron chi connectivity index (χ4n) is 4.23. The van der Waals surface area contributed by atoms with Gasteiger partial charge in [-0.15, -0.1) is 0 Å². The van der Waals surface area contributed by atoms with Crippen LogP contribution in [0.25, 0.3) is 6.08 Å². The molecule has 1 aliphatic rings. The lowest BCUT2D eigenvalue weighted by Crippen LogP contribution is -2.45. The van der Waals surface area contributed by atoms with E-state index in [1.807, 2.05) is 31.2 Å². The second-order valence-electron chi connectivity index (χ2n) is 8.83. The molecular formula is C27H33FN4O2. The summed E-state index contributed by atoms with van der Waals surface area (Å²) in [6, 6.07) is 14.9. The number of methoxy groups -OCH3 is 1. The lowest BCUT2D eigenvalue weighted by atomic mass is 10.00. The highest BCUT2D eigenvalue weighted by atomic mass is 19.1. The number of anilines is 1. The number of benzene rings is 2. The van der Waals surface area contributed by atoms with Crippen molar-refractivity contribution in [2.75, 3.05) is 31.6 Å². The van der Waals surface area contributed by atoms with Crippen LogP contribution in [0.2, 0.25) is 0 Å². The molecule has 1 heterocycles. The number of hydrogen-bond acceptors (Lipinski definition) is 6. The number of nitrogens with zero attached hydrogens (tertiary/aromatic N) is 3. The first-order chi connectivity index (χ1) is 16.4. The van der Waals surface area contributed by atoms with E-state index in [-0.39, 0.29) is 17.9 Å². The van der Waals surface area contributed by atoms with Gasteiger partial charge in [0.1, 0.15) is 5.82 Å². The smallest absolute Gasteiger partial charge is 0.330 e. The number of likely N-dealkylation sites (tertiary alicyclic amines) is 1. The molecule has 0 aliphatic carbocycles. The molecule has 0 radical (unpaired) electrons. The van der Waals surface area contributed by atoms with Gasteiger partial charge >= 0.3 is 5.97 Å². The largest absolute Gasteiger partial charge is 0.466 e. The first-order valence-corrected chi connectivity index (χ1v) is 11.7. The topological polar surface area (TPSA) is 82.6 Å². The second kappa shape index (κ2) is 12.3. The Bertz CT molecular complexity index is 1020. The zero-order valence-electron chi connectivity index (χ0n) is 19.9. The summed E-state index contributed by atoms with van der Waals surface area (Å²) >= 11 is 0. The molecule has 2 aromatic carbocycles. The summed E-state index contributed by atoms with van der Waals surface area (Å²) in [5.74, 6) is -0.717. The van der Waals surface area contributed by atoms with Gasteiger partial charge in [0.2, 0.25) is 0 Å². The van der Waals surface area contributed by atoms with Crippen LogP contribution in [0.3, 0.4) is 0 Å². The van der Waals surface area contributed by atoms with Gasteiger partial charge in [-0.3, -0.25) is 0 Å². The van der Waals surface area contributed by atoms with Gasteiger partial charge in [0.05, 0.1) is 18.7 Å². The van der Waals surface area contributed by atoms with Crippen molar-refractivity contribution in [3.8, 4) is 6.07 Å². The maximum Gasteiger partial charge on any atom is 0.330 e. The van der Waals surface area contributed by atoms with Crippen LogP contribution in [-0.4, -0.2) is 49.7 Å². The van der Waals surface area contributed by atoms with E-state index in [4.69, 9.17) is 5.73 Å². The fraction of sp³-hybridized carbons (Fsp3) is 0.407. The van der Waals surface area contributed by atoms with E-state index >= 15 is 0 Å². The molecule has 3 rings (SSSR count). The Morgan fingerprint density at radius 1 is 1.29 bits per heavy atom. The standard InChI is InChI=1S/C27H33FN4O2/c1-20(30)11-14-31-15-12-25(13-16-31)32(19-23-17-22(18-29)5-9-26(23)28)24-7-3-21(4-8-24)6-10-27(33)34-2/h3-10,17,20,25H,11-16,19,30H2,1-2H3/b10-6+. The number of ether oxygens (including phenoxy) is 1. The molecule has 6 nitrogen and oxygen atoms in total. The van der Waals surface area contributed by atoms with Crippen LogP contribution in [-0.2, 0) is 16.1 Å². The summed E-state index contributed by atoms with van der Waals surface area (Å²) < 4.78 is 19.3. The number of nitrogens with two attached hydrogens (primary N) is 1. The maximum absolute atomic E-state index is 14.7. The molecule has 1 atom stereocenters. The van der Waals surface area contributed by atoms with E-state index in [0.717, 1.165) is 50.1 Å². The van der Waals surface area contributed by atoms with Gasteiger partial charge in [0, 0.05) is 49.0 Å². The first-order valence-electron chi connectivity index (χ1n) is 11.7. The summed E-state index contributed by atoms with van der Waals surface area (Å²) in [5, 5.41) is 9.27. The van der Waals surface area contributed by atoms with Crippen molar-refractivity contribution in [2.45, 2.75) is 44.8 Å². The van der Waals surface area contributed by atoms with Gasteiger partial charge in [-0.05, 0) is 74.7 Å². The third-order valence-electron chi connectivity index (χ3n) is 6.25. The normalized spacial score (nSPS) is 15.7. The number of carbonyl (C=O) groups is 1. The van der Waals surface area contributed by atoms with Gasteiger partial charge in [-0.25, -0.2) is 9.18 Å². The molecule has 1 fully saturated rings. The molecule has 7 heteroatoms. The average Bonchev–Trinajstić information content (AvgIpc) is 2.86. The highest BCUT2D eigenvalue weighted by molar-refractivity contribution is 5.87. The Morgan fingerprint density at radius 3 is 2.62 bits per heavy atom. The third kappa shape index (κ3) is 7.14. The van der Waals surface area contributed by atoms with Crippen LogP contribution >= 0.6 is 0 Å². The van der Waals surface area contributed by atoms with Crippen molar-refractivity contribution in [2.24, 2.45) is 5.73 Å². The van der Waals surface area contributed by atoms with Crippen LogP contribution in [0, 0.1) is 17.1 Å². The quantitative estimate of drug-likeness (QED) is 0.445. The zero-order chi connectivity index (χ0) is 24.5. The summed E-state index contributed by atoms with van der Waals surface area (Å²) in [6.45, 7) is 5.33. The molecule has 1 aliphatic heterocycles. The van der Waals surface area contributed by atoms with E-state index in [2.05, 4.69) is 20.6 Å². The Labute approximate surface area is 201 Å². The second-order valence-corrected chi connectivity index (χ2v) is 8.83. The number of esters is 1. The Morgan fingerprint density at radius 2 is 2.00 bits per heavy atom. The van der Waals surface area contributed by atoms with Gasteiger partial charge in [-0.2, -0.15) is 5.26 Å². The molecule has 34 heavy (non-hydrogen) atoms. The predicted molar refractivity (Wildman–Crippen MR) is 133 cm³/mol. The summed E-state index contributed by atoms with van der Waals surface area (Å²) in [6.07, 6.45) is 5.98. The zero-order valence-corrected chi connectivity index (χ0v) is 19.9. The van der Waals surface area contributed by atoms with E-state index < -0.39 is 5.97 Å². The first kappa shape index (κ1) is 25.4. The van der Waals surface area contributed by atoms with E-state index in [1.165, 1.54) is 25.3 Å². The number of hydrogen-bond donors (Lipinski definition) is 1. The molecule has 0 spiro atoms. The van der Waals surface area contributed by atoms with E-state index in [9.17, 15) is 14.4 Å². The van der Waals surface area contributed by atoms with Crippen molar-refractivity contribution >= 4 is 17.7 Å². The monoisotopic (exact) mass is 464 g/mol. The van der Waals surface area contributed by atoms with Crippen molar-refractivity contribution in [1.82, 2.24) is 4.90 Å². The van der Waals surface area contributed by atoms with Crippen LogP contribution in [0.4, 0.5) is 10.1 Å². The van der Waals surface area contributed by atoms with Crippen molar-refractivity contribution < 1.29 is 13.9 Å². The molecule has 0 amide bonds. The van der Waals surface area contributed by atoms with Gasteiger partial charge in [0.25, 0.3) is 0 Å². The Hall–Kier alpha value is -3.21. The summed E-state index contributed by atoms with van der Waals surface area (Å²) in [5.41, 5.74) is 8.73. The molecule has 2 N–H and O–H groups in total. The molecule has 1 saturated heterocycles. The molecule has 0 aromatic heterocycles. The average molecular weight is 465 g/mol. The minimum atomic E-state index is -0.408. The number of halogens is 1. The number of rotatable bonds is 9. The molecule has 0 bridgehead atoms. The summed E-state index contributed by atoms with van der Waals surface area (Å²) in [7, 11) is 1.34. The molecular weight excluding hydrogens is 431 g/mol. The summed E-state index contributed by atoms with van der Waals surface area (Å²) in [4.78, 5) is 16.1. The van der Waals surface area contributed by atoms with Gasteiger partial charge in [-0.1, -0.05) is 12.1 Å². The SMILES string of the molecule is COC(=O)/C=C/c1ccc(N(Cc2cc(C#N)ccc2F)C2CCN(CCC(C)N)CC2)cc1. The predicted octanol–water partition coefficient (Wildman–Crippen LogP) is 4.09. The number of carbonyl (C=O) groups excluding carboxylic acids is 1. The van der Waals surface area contributed by atoms with Crippen LogP contribution in [0.1, 0.15) is 42.9 Å². The minimum absolute atomic E-state index is 0.191. The van der Waals surface area contributed by atoms with Crippen molar-refractivity contribution in [3.63, 3.8) is 0 Å². The van der Waals surface area contributed by atoms with Crippen LogP contribution < -0.4 is 10.6 Å². The molecule has 2 aromatic rings. The molecule has 0 saturated carbocycles. The lowest BCUT2D eigenvalue weighted by Gasteiger charge is -2.40. The van der Waals surface area contributed by atoms with E-state index in [1.54, 1.807) is 12.1 Å². The maximum atomic E-state index is 14.7. The Kier molecular flexibility index (Phi) is 9.20. The number of nitriles is 1. The lowest BCUT2D eigenvalue weighted by molar-refractivity contribution is -0.134. The van der Waals surface area contributed by atoms with E-state index in [0.29, 0.717) is 17.7 Å². The third-order valence-corrected chi connectivity index (χ3v) is 6.25. The number of piperidine rings is 1. The van der Waals surface area contributed by atoms with Crippen molar-refractivity contribution in [1.29, 1.82) is 5.26 Å². The Balaban J connectivity index is 1.81. The van der Waals surface area contributed by atoms with Crippen molar-refractivity contribution in [3.05, 3.63) is 71.0 Å². The molecule has 180 valence electrons. The van der Waals surface area contributed by atoms with Crippen LogP contribution in [0.5, 0.6) is 0 Å². The van der Waals surface area contributed by atoms with Gasteiger partial charge in [0.15, 0.2) is 0 Å². The van der Waals surface area contributed by atoms with Gasteiger partial charge < -0.3 is 20.3 Å². The minimum Gasteiger partial charge on any atom is -0.466 e. The fourth-order valence-corrected chi connectivity index (χ4v) is 4.23. The van der Waals surface area contributed by atoms with Crippen LogP contribution in [0.15, 0.2) is 48.5 Å². The highest BCUT2D eigenvalue weighted by Crippen LogP contribution is 2.28.